The number of amides is 2. The second kappa shape index (κ2) is 9.00. The van der Waals surface area contributed by atoms with Gasteiger partial charge in [0.15, 0.2) is 0 Å². The number of likely N-dealkylation sites (tertiary alicyclic amines) is 1. The van der Waals surface area contributed by atoms with Crippen molar-refractivity contribution >= 4 is 11.8 Å². The van der Waals surface area contributed by atoms with E-state index in [9.17, 15) is 9.59 Å². The molecule has 1 heterocycles. The molecule has 0 spiro atoms. The minimum atomic E-state index is -0.528. The van der Waals surface area contributed by atoms with E-state index in [2.05, 4.69) is 15.5 Å². The van der Waals surface area contributed by atoms with E-state index in [0.717, 1.165) is 32.4 Å². The zero-order chi connectivity index (χ0) is 15.8. The smallest absolute Gasteiger partial charge is 0.242 e. The first-order valence-corrected chi connectivity index (χ1v) is 8.02. The number of carbonyl (C=O) groups is 2. The van der Waals surface area contributed by atoms with Gasteiger partial charge < -0.3 is 21.3 Å². The number of carbonyl (C=O) groups excluding carboxylic acids is 2. The predicted octanol–water partition coefficient (Wildman–Crippen LogP) is 0.219. The normalized spacial score (nSPS) is 21.8. The molecule has 21 heavy (non-hydrogen) atoms. The van der Waals surface area contributed by atoms with Gasteiger partial charge in [0.2, 0.25) is 11.8 Å². The predicted molar refractivity (Wildman–Crippen MR) is 83.8 cm³/mol. The standard InChI is InChI=1S/C15H30N4O2/c1-4-6-12(16)14(20)18-13(7-5-2)15(21)17-11-8-9-19(3)10-11/h11-13H,4-10,16H2,1-3H3,(H,17,21)(H,18,20)/t11?,12-,13+/m0/s1. The molecule has 6 nitrogen and oxygen atoms in total. The van der Waals surface area contributed by atoms with E-state index in [1.807, 2.05) is 20.9 Å². The second-order valence-electron chi connectivity index (χ2n) is 6.00. The second-order valence-corrected chi connectivity index (χ2v) is 6.00. The number of nitrogens with zero attached hydrogens (tertiary/aromatic N) is 1. The van der Waals surface area contributed by atoms with Crippen LogP contribution in [0.15, 0.2) is 0 Å². The van der Waals surface area contributed by atoms with Crippen molar-refractivity contribution in [3.05, 3.63) is 0 Å². The van der Waals surface area contributed by atoms with Gasteiger partial charge in [-0.2, -0.15) is 0 Å². The summed E-state index contributed by atoms with van der Waals surface area (Å²) in [6.45, 7) is 5.85. The van der Waals surface area contributed by atoms with E-state index in [-0.39, 0.29) is 17.9 Å². The fraction of sp³-hybridized carbons (Fsp3) is 0.867. The van der Waals surface area contributed by atoms with Gasteiger partial charge >= 0.3 is 0 Å². The van der Waals surface area contributed by atoms with Crippen LogP contribution in [0.25, 0.3) is 0 Å². The molecule has 0 aromatic heterocycles. The van der Waals surface area contributed by atoms with Crippen LogP contribution in [0, 0.1) is 0 Å². The molecule has 1 unspecified atom stereocenters. The summed E-state index contributed by atoms with van der Waals surface area (Å²) >= 11 is 0. The van der Waals surface area contributed by atoms with Crippen LogP contribution in [0.1, 0.15) is 46.0 Å². The van der Waals surface area contributed by atoms with Gasteiger partial charge in [-0.25, -0.2) is 0 Å². The molecule has 0 saturated carbocycles. The van der Waals surface area contributed by atoms with Crippen molar-refractivity contribution in [3.63, 3.8) is 0 Å². The monoisotopic (exact) mass is 298 g/mol. The topological polar surface area (TPSA) is 87.5 Å². The molecule has 1 aliphatic rings. The largest absolute Gasteiger partial charge is 0.350 e. The van der Waals surface area contributed by atoms with Gasteiger partial charge in [-0.3, -0.25) is 9.59 Å². The third-order valence-corrected chi connectivity index (χ3v) is 3.88. The summed E-state index contributed by atoms with van der Waals surface area (Å²) in [6.07, 6.45) is 3.93. The van der Waals surface area contributed by atoms with Crippen LogP contribution in [0.5, 0.6) is 0 Å². The lowest BCUT2D eigenvalue weighted by molar-refractivity contribution is -0.130. The Morgan fingerprint density at radius 3 is 2.43 bits per heavy atom. The quantitative estimate of drug-likeness (QED) is 0.598. The molecule has 122 valence electrons. The Morgan fingerprint density at radius 2 is 1.90 bits per heavy atom. The molecular formula is C15H30N4O2. The van der Waals surface area contributed by atoms with Crippen LogP contribution >= 0.6 is 0 Å². The minimum Gasteiger partial charge on any atom is -0.350 e. The number of rotatable bonds is 8. The first-order valence-electron chi connectivity index (χ1n) is 8.02. The minimum absolute atomic E-state index is 0.0887. The highest BCUT2D eigenvalue weighted by atomic mass is 16.2. The average molecular weight is 298 g/mol. The summed E-state index contributed by atoms with van der Waals surface area (Å²) in [4.78, 5) is 26.5. The van der Waals surface area contributed by atoms with Crippen LogP contribution in [0.3, 0.4) is 0 Å². The number of nitrogens with one attached hydrogen (secondary N) is 2. The molecule has 1 rings (SSSR count). The van der Waals surface area contributed by atoms with Crippen molar-refractivity contribution in [1.29, 1.82) is 0 Å². The third-order valence-electron chi connectivity index (χ3n) is 3.88. The molecule has 1 aliphatic heterocycles. The van der Waals surface area contributed by atoms with E-state index >= 15 is 0 Å². The van der Waals surface area contributed by atoms with Gasteiger partial charge in [0.25, 0.3) is 0 Å². The van der Waals surface area contributed by atoms with Gasteiger partial charge in [-0.1, -0.05) is 26.7 Å². The fourth-order valence-electron chi connectivity index (χ4n) is 2.63. The van der Waals surface area contributed by atoms with Crippen LogP contribution in [0.2, 0.25) is 0 Å². The Balaban J connectivity index is 2.51. The van der Waals surface area contributed by atoms with Crippen molar-refractivity contribution in [2.75, 3.05) is 20.1 Å². The molecule has 1 saturated heterocycles. The van der Waals surface area contributed by atoms with Gasteiger partial charge in [0.05, 0.1) is 6.04 Å². The molecule has 2 amide bonds. The molecule has 0 aliphatic carbocycles. The third kappa shape index (κ3) is 6.01. The highest BCUT2D eigenvalue weighted by Crippen LogP contribution is 2.07. The van der Waals surface area contributed by atoms with Crippen LogP contribution < -0.4 is 16.4 Å². The van der Waals surface area contributed by atoms with E-state index in [1.165, 1.54) is 0 Å². The number of nitrogens with two attached hydrogens (primary N) is 1. The molecule has 0 aromatic carbocycles. The van der Waals surface area contributed by atoms with E-state index in [4.69, 9.17) is 5.73 Å². The fourth-order valence-corrected chi connectivity index (χ4v) is 2.63. The maximum atomic E-state index is 12.3. The van der Waals surface area contributed by atoms with Crippen molar-refractivity contribution < 1.29 is 9.59 Å². The van der Waals surface area contributed by atoms with Gasteiger partial charge in [-0.05, 0) is 32.9 Å². The maximum Gasteiger partial charge on any atom is 0.242 e. The summed E-state index contributed by atoms with van der Waals surface area (Å²) in [7, 11) is 2.04. The average Bonchev–Trinajstić information content (AvgIpc) is 2.83. The SMILES string of the molecule is CCC[C@H](N)C(=O)N[C@H](CCC)C(=O)NC1CCN(C)C1. The maximum absolute atomic E-state index is 12.3. The summed E-state index contributed by atoms with van der Waals surface area (Å²) in [6, 6.07) is -0.820. The van der Waals surface area contributed by atoms with E-state index in [0.29, 0.717) is 12.8 Å². The highest BCUT2D eigenvalue weighted by Gasteiger charge is 2.27. The molecule has 0 bridgehead atoms. The first-order chi connectivity index (χ1) is 9.97. The molecule has 1 fully saturated rings. The molecule has 4 N–H and O–H groups in total. The van der Waals surface area contributed by atoms with Gasteiger partial charge in [-0.15, -0.1) is 0 Å². The Bertz CT molecular complexity index is 349. The summed E-state index contributed by atoms with van der Waals surface area (Å²) in [5.41, 5.74) is 5.80. The lowest BCUT2D eigenvalue weighted by atomic mass is 10.1. The first kappa shape index (κ1) is 17.9. The Labute approximate surface area is 127 Å². The van der Waals surface area contributed by atoms with E-state index < -0.39 is 12.1 Å². The number of hydrogen-bond acceptors (Lipinski definition) is 4. The summed E-state index contributed by atoms with van der Waals surface area (Å²) in [5, 5.41) is 5.83. The van der Waals surface area contributed by atoms with Crippen LogP contribution in [-0.4, -0.2) is 55.0 Å². The lowest BCUT2D eigenvalue weighted by Gasteiger charge is -2.22. The highest BCUT2D eigenvalue weighted by molar-refractivity contribution is 5.89. The molecule has 6 heteroatoms. The summed E-state index contributed by atoms with van der Waals surface area (Å²) in [5.74, 6) is -0.316. The Morgan fingerprint density at radius 1 is 1.24 bits per heavy atom. The lowest BCUT2D eigenvalue weighted by Crippen LogP contribution is -2.53. The summed E-state index contributed by atoms with van der Waals surface area (Å²) < 4.78 is 0. The van der Waals surface area contributed by atoms with Gasteiger partial charge in [0, 0.05) is 12.6 Å². The zero-order valence-corrected chi connectivity index (χ0v) is 13.5. The van der Waals surface area contributed by atoms with Crippen LogP contribution in [0.4, 0.5) is 0 Å². The Hall–Kier alpha value is -1.14. The number of likely N-dealkylation sites (N-methyl/N-ethyl adjacent to an activating group) is 1. The van der Waals surface area contributed by atoms with Crippen molar-refractivity contribution in [2.45, 2.75) is 64.1 Å². The molecule has 0 aromatic rings. The molecular weight excluding hydrogens is 268 g/mol. The number of hydrogen-bond donors (Lipinski definition) is 3. The zero-order valence-electron chi connectivity index (χ0n) is 13.5. The molecule has 0 radical (unpaired) electrons. The van der Waals surface area contributed by atoms with Crippen molar-refractivity contribution in [1.82, 2.24) is 15.5 Å². The molecule has 3 atom stereocenters. The van der Waals surface area contributed by atoms with Crippen molar-refractivity contribution in [2.24, 2.45) is 5.73 Å². The van der Waals surface area contributed by atoms with Gasteiger partial charge in [0.1, 0.15) is 6.04 Å². The Kier molecular flexibility index (Phi) is 7.67. The van der Waals surface area contributed by atoms with E-state index in [1.54, 1.807) is 0 Å². The van der Waals surface area contributed by atoms with Crippen LogP contribution in [-0.2, 0) is 9.59 Å². The van der Waals surface area contributed by atoms with Crippen molar-refractivity contribution in [3.8, 4) is 0 Å².